The summed E-state index contributed by atoms with van der Waals surface area (Å²) >= 11 is 1.84. The summed E-state index contributed by atoms with van der Waals surface area (Å²) in [6, 6.07) is 4.36. The van der Waals surface area contributed by atoms with Crippen molar-refractivity contribution >= 4 is 11.3 Å². The minimum Gasteiger partial charge on any atom is -0.389 e. The largest absolute Gasteiger partial charge is 0.389 e. The summed E-state index contributed by atoms with van der Waals surface area (Å²) in [5.74, 6) is 0.392. The number of aliphatic hydroxyl groups is 1. The van der Waals surface area contributed by atoms with E-state index in [1.807, 2.05) is 18.3 Å². The first-order valence-electron chi connectivity index (χ1n) is 6.62. The quantitative estimate of drug-likeness (QED) is 0.864. The number of piperidine rings is 1. The average Bonchev–Trinajstić information content (AvgIpc) is 2.77. The van der Waals surface area contributed by atoms with E-state index in [1.165, 1.54) is 16.2 Å². The lowest BCUT2D eigenvalue weighted by molar-refractivity contribution is -0.00953. The highest BCUT2D eigenvalue weighted by Gasteiger charge is 2.33. The smallest absolute Gasteiger partial charge is 0.0707 e. The van der Waals surface area contributed by atoms with E-state index in [0.29, 0.717) is 5.92 Å². The first-order valence-corrected chi connectivity index (χ1v) is 7.44. The molecule has 1 aromatic heterocycles. The molecule has 96 valence electrons. The second kappa shape index (κ2) is 5.51. The van der Waals surface area contributed by atoms with Gasteiger partial charge in [0.1, 0.15) is 0 Å². The van der Waals surface area contributed by atoms with Crippen molar-refractivity contribution in [3.05, 3.63) is 21.9 Å². The lowest BCUT2D eigenvalue weighted by Crippen LogP contribution is -2.45. The van der Waals surface area contributed by atoms with E-state index in [2.05, 4.69) is 24.4 Å². The summed E-state index contributed by atoms with van der Waals surface area (Å²) < 4.78 is 0. The molecule has 2 nitrogen and oxygen atoms in total. The van der Waals surface area contributed by atoms with Gasteiger partial charge in [-0.1, -0.05) is 6.92 Å². The molecule has 3 heteroatoms. The van der Waals surface area contributed by atoms with Crippen molar-refractivity contribution < 1.29 is 5.11 Å². The van der Waals surface area contributed by atoms with Crippen LogP contribution in [0, 0.1) is 5.92 Å². The molecule has 2 atom stereocenters. The van der Waals surface area contributed by atoms with Crippen LogP contribution in [0.1, 0.15) is 36.4 Å². The van der Waals surface area contributed by atoms with Crippen LogP contribution in [0.2, 0.25) is 0 Å². The third-order valence-corrected chi connectivity index (χ3v) is 5.00. The minimum absolute atomic E-state index is 0.392. The third kappa shape index (κ3) is 3.30. The predicted octanol–water partition coefficient (Wildman–Crippen LogP) is 2.60. The molecule has 0 radical (unpaired) electrons. The van der Waals surface area contributed by atoms with Crippen LogP contribution in [-0.2, 0) is 12.8 Å². The van der Waals surface area contributed by atoms with Gasteiger partial charge in [-0.25, -0.2) is 0 Å². The van der Waals surface area contributed by atoms with Crippen LogP contribution in [-0.4, -0.2) is 23.8 Å². The molecule has 0 aliphatic carbocycles. The molecule has 17 heavy (non-hydrogen) atoms. The molecule has 1 aliphatic rings. The molecule has 2 heterocycles. The first kappa shape index (κ1) is 13.1. The Morgan fingerprint density at radius 3 is 2.82 bits per heavy atom. The molecule has 2 N–H and O–H groups in total. The molecule has 2 rings (SSSR count). The van der Waals surface area contributed by atoms with Crippen LogP contribution in [0.4, 0.5) is 0 Å². The van der Waals surface area contributed by atoms with Crippen LogP contribution in [0.15, 0.2) is 12.1 Å². The van der Waals surface area contributed by atoms with E-state index < -0.39 is 5.60 Å². The first-order chi connectivity index (χ1) is 8.12. The normalized spacial score (nSPS) is 24.5. The third-order valence-electron chi connectivity index (χ3n) is 3.77. The Balaban J connectivity index is 1.99. The van der Waals surface area contributed by atoms with Gasteiger partial charge in [0.05, 0.1) is 5.60 Å². The van der Waals surface area contributed by atoms with Gasteiger partial charge >= 0.3 is 0 Å². The van der Waals surface area contributed by atoms with Gasteiger partial charge in [0.2, 0.25) is 0 Å². The van der Waals surface area contributed by atoms with Gasteiger partial charge < -0.3 is 10.4 Å². The van der Waals surface area contributed by atoms with Crippen molar-refractivity contribution in [2.75, 3.05) is 13.1 Å². The maximum Gasteiger partial charge on any atom is 0.0707 e. The Hall–Kier alpha value is -0.380. The Morgan fingerprint density at radius 1 is 1.47 bits per heavy atom. The highest BCUT2D eigenvalue weighted by molar-refractivity contribution is 7.12. The van der Waals surface area contributed by atoms with Gasteiger partial charge in [-0.15, -0.1) is 11.3 Å². The van der Waals surface area contributed by atoms with E-state index in [1.54, 1.807) is 0 Å². The fraction of sp³-hybridized carbons (Fsp3) is 0.714. The fourth-order valence-electron chi connectivity index (χ4n) is 2.59. The molecule has 1 saturated heterocycles. The van der Waals surface area contributed by atoms with E-state index in [-0.39, 0.29) is 0 Å². The average molecular weight is 253 g/mol. The van der Waals surface area contributed by atoms with Gasteiger partial charge in [0, 0.05) is 28.6 Å². The Labute approximate surface area is 108 Å². The number of rotatable bonds is 4. The monoisotopic (exact) mass is 253 g/mol. The van der Waals surface area contributed by atoms with Crippen LogP contribution in [0.5, 0.6) is 0 Å². The van der Waals surface area contributed by atoms with Crippen molar-refractivity contribution in [3.63, 3.8) is 0 Å². The van der Waals surface area contributed by atoms with E-state index >= 15 is 0 Å². The zero-order valence-electron chi connectivity index (χ0n) is 10.8. The second-order valence-corrected chi connectivity index (χ2v) is 6.55. The molecule has 2 unspecified atom stereocenters. The molecule has 0 spiro atoms. The van der Waals surface area contributed by atoms with Crippen molar-refractivity contribution in [1.82, 2.24) is 5.32 Å². The van der Waals surface area contributed by atoms with E-state index in [0.717, 1.165) is 32.4 Å². The number of nitrogens with one attached hydrogen (secondary N) is 1. The van der Waals surface area contributed by atoms with Crippen LogP contribution in [0.3, 0.4) is 0 Å². The van der Waals surface area contributed by atoms with Crippen LogP contribution in [0.25, 0.3) is 0 Å². The Bertz CT molecular complexity index is 353. The van der Waals surface area contributed by atoms with Gasteiger partial charge in [-0.3, -0.25) is 0 Å². The highest BCUT2D eigenvalue weighted by atomic mass is 32.1. The Morgan fingerprint density at radius 2 is 2.24 bits per heavy atom. The minimum atomic E-state index is -0.566. The maximum atomic E-state index is 10.6. The van der Waals surface area contributed by atoms with E-state index in [4.69, 9.17) is 0 Å². The molecular weight excluding hydrogens is 230 g/mol. The molecule has 1 aromatic rings. The molecule has 0 saturated carbocycles. The van der Waals surface area contributed by atoms with Gasteiger partial charge in [0.25, 0.3) is 0 Å². The summed E-state index contributed by atoms with van der Waals surface area (Å²) in [5, 5.41) is 14.0. The second-order valence-electron chi connectivity index (χ2n) is 5.30. The highest BCUT2D eigenvalue weighted by Crippen LogP contribution is 2.30. The summed E-state index contributed by atoms with van der Waals surface area (Å²) in [6.07, 6.45) is 4.22. The van der Waals surface area contributed by atoms with Crippen LogP contribution >= 0.6 is 11.3 Å². The summed E-state index contributed by atoms with van der Waals surface area (Å²) in [4.78, 5) is 2.73. The van der Waals surface area contributed by atoms with Crippen molar-refractivity contribution in [2.24, 2.45) is 5.92 Å². The summed E-state index contributed by atoms with van der Waals surface area (Å²) in [7, 11) is 0. The van der Waals surface area contributed by atoms with Crippen molar-refractivity contribution in [1.29, 1.82) is 0 Å². The van der Waals surface area contributed by atoms with Gasteiger partial charge in [-0.05, 0) is 44.9 Å². The van der Waals surface area contributed by atoms with Crippen LogP contribution < -0.4 is 5.32 Å². The summed E-state index contributed by atoms with van der Waals surface area (Å²) in [5.41, 5.74) is -0.566. The van der Waals surface area contributed by atoms with Crippen molar-refractivity contribution in [3.8, 4) is 0 Å². The number of hydrogen-bond acceptors (Lipinski definition) is 3. The number of thiophene rings is 1. The molecule has 1 fully saturated rings. The molecule has 0 aromatic carbocycles. The van der Waals surface area contributed by atoms with E-state index in [9.17, 15) is 5.11 Å². The zero-order valence-corrected chi connectivity index (χ0v) is 11.6. The summed E-state index contributed by atoms with van der Waals surface area (Å²) in [6.45, 7) is 6.24. The lowest BCUT2D eigenvalue weighted by Gasteiger charge is -2.35. The topological polar surface area (TPSA) is 32.3 Å². The molecule has 0 amide bonds. The van der Waals surface area contributed by atoms with Crippen molar-refractivity contribution in [2.45, 2.75) is 45.1 Å². The standard InChI is InChI=1S/C14H23NOS/c1-3-12-6-7-13(17-12)9-14(2,16)11-5-4-8-15-10-11/h6-7,11,15-16H,3-5,8-10H2,1-2H3. The number of hydrogen-bond donors (Lipinski definition) is 2. The molecular formula is C14H23NOS. The SMILES string of the molecule is CCc1ccc(CC(C)(O)C2CCCNC2)s1. The Kier molecular flexibility index (Phi) is 4.23. The maximum absolute atomic E-state index is 10.6. The number of aryl methyl sites for hydroxylation is 1. The fourth-order valence-corrected chi connectivity index (χ4v) is 3.70. The molecule has 1 aliphatic heterocycles. The lowest BCUT2D eigenvalue weighted by atomic mass is 9.81. The van der Waals surface area contributed by atoms with Gasteiger partial charge in [-0.2, -0.15) is 0 Å². The predicted molar refractivity (Wildman–Crippen MR) is 73.6 cm³/mol. The molecule has 0 bridgehead atoms. The zero-order chi connectivity index (χ0) is 12.3. The van der Waals surface area contributed by atoms with Gasteiger partial charge in [0.15, 0.2) is 0 Å².